The highest BCUT2D eigenvalue weighted by molar-refractivity contribution is 5.88. The Morgan fingerprint density at radius 2 is 1.95 bits per heavy atom. The molecule has 0 radical (unpaired) electrons. The Morgan fingerprint density at radius 1 is 1.29 bits per heavy atom. The van der Waals surface area contributed by atoms with Crippen LogP contribution in [-0.2, 0) is 20.9 Å². The first-order valence-corrected chi connectivity index (χ1v) is 6.39. The van der Waals surface area contributed by atoms with Gasteiger partial charge in [0.1, 0.15) is 6.61 Å². The fraction of sp³-hybridized carbons (Fsp3) is 0.250. The summed E-state index contributed by atoms with van der Waals surface area (Å²) in [6, 6.07) is 9.22. The van der Waals surface area contributed by atoms with Crippen LogP contribution in [0.25, 0.3) is 0 Å². The first kappa shape index (κ1) is 16.5. The monoisotopic (exact) mass is 289 g/mol. The molecule has 0 heterocycles. The second-order valence-electron chi connectivity index (χ2n) is 4.35. The number of benzene rings is 1. The molecular weight excluding hydrogens is 270 g/mol. The van der Waals surface area contributed by atoms with Crippen LogP contribution in [0.4, 0.5) is 4.79 Å². The molecule has 1 aromatic carbocycles. The third-order valence-corrected chi connectivity index (χ3v) is 2.90. The van der Waals surface area contributed by atoms with Crippen molar-refractivity contribution in [1.82, 2.24) is 5.32 Å². The van der Waals surface area contributed by atoms with Crippen LogP contribution in [0.2, 0.25) is 0 Å². The van der Waals surface area contributed by atoms with E-state index < -0.39 is 17.6 Å². The van der Waals surface area contributed by atoms with Gasteiger partial charge in [0.05, 0.1) is 7.11 Å². The van der Waals surface area contributed by atoms with E-state index >= 15 is 0 Å². The topological polar surface area (TPSA) is 64.6 Å². The number of amides is 1. The summed E-state index contributed by atoms with van der Waals surface area (Å²) in [5.74, 6) is -0.630. The molecule has 0 saturated heterocycles. The van der Waals surface area contributed by atoms with Gasteiger partial charge < -0.3 is 14.8 Å². The molecule has 0 aliphatic carbocycles. The van der Waals surface area contributed by atoms with Crippen LogP contribution in [0.3, 0.4) is 0 Å². The Kier molecular flexibility index (Phi) is 6.20. The van der Waals surface area contributed by atoms with Crippen LogP contribution in [-0.4, -0.2) is 24.7 Å². The third-order valence-electron chi connectivity index (χ3n) is 2.90. The number of alkyl carbamates (subject to hydrolysis) is 1. The van der Waals surface area contributed by atoms with Crippen molar-refractivity contribution in [3.05, 3.63) is 61.2 Å². The van der Waals surface area contributed by atoms with Gasteiger partial charge in [0.15, 0.2) is 5.54 Å². The van der Waals surface area contributed by atoms with E-state index in [2.05, 4.69) is 18.5 Å². The Hall–Kier alpha value is -2.56. The number of esters is 1. The highest BCUT2D eigenvalue weighted by atomic mass is 16.6. The minimum absolute atomic E-state index is 0.106. The van der Waals surface area contributed by atoms with Gasteiger partial charge in [0.25, 0.3) is 0 Å². The van der Waals surface area contributed by atoms with Crippen molar-refractivity contribution in [3.8, 4) is 0 Å². The normalized spacial score (nSPS) is 12.6. The quantitative estimate of drug-likeness (QED) is 0.619. The van der Waals surface area contributed by atoms with Gasteiger partial charge in [0.2, 0.25) is 0 Å². The lowest BCUT2D eigenvalue weighted by Gasteiger charge is -2.27. The number of nitrogens with one attached hydrogen (secondary N) is 1. The van der Waals surface area contributed by atoms with Crippen molar-refractivity contribution in [1.29, 1.82) is 0 Å². The van der Waals surface area contributed by atoms with Crippen molar-refractivity contribution in [3.63, 3.8) is 0 Å². The van der Waals surface area contributed by atoms with Crippen LogP contribution in [0.1, 0.15) is 12.0 Å². The van der Waals surface area contributed by atoms with Crippen LogP contribution >= 0.6 is 0 Å². The molecule has 0 aliphatic heterocycles. The highest BCUT2D eigenvalue weighted by Gasteiger charge is 2.37. The maximum absolute atomic E-state index is 11.9. The van der Waals surface area contributed by atoms with Crippen LogP contribution < -0.4 is 5.32 Å². The number of methoxy groups -OCH3 is 1. The maximum Gasteiger partial charge on any atom is 0.408 e. The highest BCUT2D eigenvalue weighted by Crippen LogP contribution is 2.15. The van der Waals surface area contributed by atoms with Gasteiger partial charge in [-0.15, -0.1) is 13.2 Å². The summed E-state index contributed by atoms with van der Waals surface area (Å²) in [6.45, 7) is 7.24. The first-order chi connectivity index (χ1) is 10.1. The zero-order valence-electron chi connectivity index (χ0n) is 12.0. The van der Waals surface area contributed by atoms with E-state index in [1.165, 1.54) is 19.3 Å². The molecule has 112 valence electrons. The smallest absolute Gasteiger partial charge is 0.408 e. The molecule has 1 atom stereocenters. The Bertz CT molecular complexity index is 512. The molecule has 1 rings (SSSR count). The lowest BCUT2D eigenvalue weighted by molar-refractivity contribution is -0.146. The second-order valence-corrected chi connectivity index (χ2v) is 4.35. The SMILES string of the molecule is C=CC[C@@](C=C)(NC(=O)OCc1ccccc1)C(=O)OC. The second kappa shape index (κ2) is 7.89. The number of rotatable bonds is 7. The summed E-state index contributed by atoms with van der Waals surface area (Å²) in [5, 5.41) is 2.48. The van der Waals surface area contributed by atoms with Gasteiger partial charge in [-0.3, -0.25) is 0 Å². The number of carbonyl (C=O) groups is 2. The van der Waals surface area contributed by atoms with E-state index in [0.717, 1.165) is 5.56 Å². The van der Waals surface area contributed by atoms with E-state index in [1.807, 2.05) is 30.3 Å². The van der Waals surface area contributed by atoms with Crippen LogP contribution in [0, 0.1) is 0 Å². The summed E-state index contributed by atoms with van der Waals surface area (Å²) in [5.41, 5.74) is -0.525. The van der Waals surface area contributed by atoms with Gasteiger partial charge in [-0.25, -0.2) is 9.59 Å². The van der Waals surface area contributed by atoms with Gasteiger partial charge in [0, 0.05) is 6.42 Å². The number of hydrogen-bond acceptors (Lipinski definition) is 4. The van der Waals surface area contributed by atoms with Gasteiger partial charge >= 0.3 is 12.1 Å². The number of hydrogen-bond donors (Lipinski definition) is 1. The summed E-state index contributed by atoms with van der Waals surface area (Å²) >= 11 is 0. The summed E-state index contributed by atoms with van der Waals surface area (Å²) in [7, 11) is 1.24. The zero-order valence-corrected chi connectivity index (χ0v) is 12.0. The zero-order chi connectivity index (χ0) is 15.7. The summed E-state index contributed by atoms with van der Waals surface area (Å²) < 4.78 is 9.78. The molecule has 0 bridgehead atoms. The standard InChI is InChI=1S/C16H19NO4/c1-4-11-16(5-2,14(18)20-3)17-15(19)21-12-13-9-7-6-8-10-13/h4-10H,1-2,11-12H2,3H3,(H,17,19)/t16-/m1/s1. The lowest BCUT2D eigenvalue weighted by Crippen LogP contribution is -2.53. The minimum Gasteiger partial charge on any atom is -0.467 e. The van der Waals surface area contributed by atoms with Crippen molar-refractivity contribution < 1.29 is 19.1 Å². The predicted molar refractivity (Wildman–Crippen MR) is 79.5 cm³/mol. The number of carbonyl (C=O) groups excluding carboxylic acids is 2. The van der Waals surface area contributed by atoms with E-state index in [4.69, 9.17) is 9.47 Å². The molecule has 1 amide bonds. The van der Waals surface area contributed by atoms with Gasteiger partial charge in [-0.05, 0) is 5.56 Å². The summed E-state index contributed by atoms with van der Waals surface area (Å²) in [4.78, 5) is 23.7. The van der Waals surface area contributed by atoms with Gasteiger partial charge in [-0.2, -0.15) is 0 Å². The van der Waals surface area contributed by atoms with Crippen molar-refractivity contribution in [2.24, 2.45) is 0 Å². The first-order valence-electron chi connectivity index (χ1n) is 6.39. The van der Waals surface area contributed by atoms with Gasteiger partial charge in [-0.1, -0.05) is 42.5 Å². The van der Waals surface area contributed by atoms with Crippen molar-refractivity contribution >= 4 is 12.1 Å². The van der Waals surface area contributed by atoms with E-state index in [-0.39, 0.29) is 13.0 Å². The Balaban J connectivity index is 2.70. The minimum atomic E-state index is -1.37. The molecule has 5 heteroatoms. The fourth-order valence-electron chi connectivity index (χ4n) is 1.75. The maximum atomic E-state index is 11.9. The average molecular weight is 289 g/mol. The molecule has 0 unspecified atom stereocenters. The fourth-order valence-corrected chi connectivity index (χ4v) is 1.75. The molecule has 0 fully saturated rings. The molecule has 0 aliphatic rings. The average Bonchev–Trinajstić information content (AvgIpc) is 2.52. The Labute approximate surface area is 124 Å². The van der Waals surface area contributed by atoms with Crippen molar-refractivity contribution in [2.75, 3.05) is 7.11 Å². The largest absolute Gasteiger partial charge is 0.467 e. The Morgan fingerprint density at radius 3 is 2.48 bits per heavy atom. The molecule has 0 saturated carbocycles. The molecule has 1 N–H and O–H groups in total. The number of ether oxygens (including phenoxy) is 2. The molecule has 0 aromatic heterocycles. The van der Waals surface area contributed by atoms with E-state index in [9.17, 15) is 9.59 Å². The molecule has 1 aromatic rings. The predicted octanol–water partition coefficient (Wildman–Crippen LogP) is 2.59. The molecule has 0 spiro atoms. The summed E-state index contributed by atoms with van der Waals surface area (Å²) in [6.07, 6.45) is 2.23. The van der Waals surface area contributed by atoms with E-state index in [1.54, 1.807) is 0 Å². The van der Waals surface area contributed by atoms with Crippen LogP contribution in [0.5, 0.6) is 0 Å². The third kappa shape index (κ3) is 4.49. The van der Waals surface area contributed by atoms with E-state index in [0.29, 0.717) is 0 Å². The molecular formula is C16H19NO4. The van der Waals surface area contributed by atoms with Crippen molar-refractivity contribution in [2.45, 2.75) is 18.6 Å². The molecule has 5 nitrogen and oxygen atoms in total. The van der Waals surface area contributed by atoms with Crippen LogP contribution in [0.15, 0.2) is 55.6 Å². The lowest BCUT2D eigenvalue weighted by atomic mass is 9.95. The molecule has 21 heavy (non-hydrogen) atoms.